The Labute approximate surface area is 145 Å². The lowest BCUT2D eigenvalue weighted by Crippen LogP contribution is -2.22. The van der Waals surface area contributed by atoms with Gasteiger partial charge in [-0.25, -0.2) is 9.50 Å². The lowest BCUT2D eigenvalue weighted by molar-refractivity contribution is 0.847. The van der Waals surface area contributed by atoms with E-state index in [-0.39, 0.29) is 5.56 Å². The first-order chi connectivity index (χ1) is 12.1. The van der Waals surface area contributed by atoms with E-state index in [0.717, 1.165) is 33.6 Å². The summed E-state index contributed by atoms with van der Waals surface area (Å²) in [5, 5.41) is 3.19. The minimum Gasteiger partial charge on any atom is -0.293 e. The lowest BCUT2D eigenvalue weighted by Gasteiger charge is -2.07. The molecule has 0 bridgehead atoms. The molecule has 4 nitrogen and oxygen atoms in total. The molecule has 2 aromatic heterocycles. The standard InChI is InChI=1S/C21H19N3O/c1-14-18(13-16-9-5-3-6-10-16)21(25)24-20(22-14)19(15(2)23-24)17-11-7-4-8-12-17/h3-12,23H,13H2,1-2H3. The zero-order valence-electron chi connectivity index (χ0n) is 14.3. The van der Waals surface area contributed by atoms with Gasteiger partial charge < -0.3 is 0 Å². The molecule has 0 aliphatic carbocycles. The molecule has 4 aromatic rings. The number of fused-ring (bicyclic) bond motifs is 1. The van der Waals surface area contributed by atoms with Crippen LogP contribution in [-0.4, -0.2) is 14.6 Å². The molecule has 0 unspecified atom stereocenters. The number of nitrogens with one attached hydrogen (secondary N) is 1. The Kier molecular flexibility index (Phi) is 3.73. The van der Waals surface area contributed by atoms with Crippen LogP contribution in [0.2, 0.25) is 0 Å². The van der Waals surface area contributed by atoms with E-state index in [1.165, 1.54) is 0 Å². The highest BCUT2D eigenvalue weighted by molar-refractivity contribution is 5.79. The van der Waals surface area contributed by atoms with Crippen molar-refractivity contribution < 1.29 is 0 Å². The van der Waals surface area contributed by atoms with Crippen LogP contribution >= 0.6 is 0 Å². The first-order valence-corrected chi connectivity index (χ1v) is 8.35. The average molecular weight is 329 g/mol. The normalized spacial score (nSPS) is 11.1. The third-order valence-electron chi connectivity index (χ3n) is 4.55. The quantitative estimate of drug-likeness (QED) is 0.620. The van der Waals surface area contributed by atoms with Crippen molar-refractivity contribution in [3.05, 3.63) is 93.5 Å². The monoisotopic (exact) mass is 329 g/mol. The van der Waals surface area contributed by atoms with Gasteiger partial charge in [0.15, 0.2) is 5.65 Å². The molecule has 2 aromatic carbocycles. The predicted molar refractivity (Wildman–Crippen MR) is 100.0 cm³/mol. The van der Waals surface area contributed by atoms with Crippen molar-refractivity contribution in [3.8, 4) is 11.1 Å². The molecule has 0 amide bonds. The Morgan fingerprint density at radius 1 is 0.960 bits per heavy atom. The first kappa shape index (κ1) is 15.4. The van der Waals surface area contributed by atoms with Gasteiger partial charge in [-0.1, -0.05) is 60.7 Å². The van der Waals surface area contributed by atoms with Gasteiger partial charge >= 0.3 is 0 Å². The molecule has 0 aliphatic rings. The van der Waals surface area contributed by atoms with Crippen molar-refractivity contribution >= 4 is 5.65 Å². The second-order valence-corrected chi connectivity index (χ2v) is 6.28. The van der Waals surface area contributed by atoms with Crippen molar-refractivity contribution in [2.75, 3.05) is 0 Å². The Balaban J connectivity index is 1.91. The molecule has 4 rings (SSSR count). The van der Waals surface area contributed by atoms with Gasteiger partial charge in [-0.05, 0) is 25.0 Å². The number of rotatable bonds is 3. The lowest BCUT2D eigenvalue weighted by atomic mass is 10.0. The van der Waals surface area contributed by atoms with E-state index >= 15 is 0 Å². The number of aromatic nitrogens is 3. The van der Waals surface area contributed by atoms with Crippen LogP contribution in [0.5, 0.6) is 0 Å². The summed E-state index contributed by atoms with van der Waals surface area (Å²) < 4.78 is 1.57. The van der Waals surface area contributed by atoms with Crippen LogP contribution in [-0.2, 0) is 6.42 Å². The highest BCUT2D eigenvalue weighted by Gasteiger charge is 2.17. The maximum Gasteiger partial charge on any atom is 0.276 e. The Hall–Kier alpha value is -3.14. The minimum atomic E-state index is -0.0309. The Morgan fingerprint density at radius 2 is 1.60 bits per heavy atom. The molecular formula is C21H19N3O. The number of aromatic amines is 1. The molecule has 1 N–H and O–H groups in total. The number of H-pyrrole nitrogens is 1. The second-order valence-electron chi connectivity index (χ2n) is 6.28. The molecular weight excluding hydrogens is 310 g/mol. The zero-order valence-corrected chi connectivity index (χ0v) is 14.3. The van der Waals surface area contributed by atoms with E-state index < -0.39 is 0 Å². The summed E-state index contributed by atoms with van der Waals surface area (Å²) in [4.78, 5) is 17.8. The molecule has 0 atom stereocenters. The van der Waals surface area contributed by atoms with Crippen molar-refractivity contribution in [2.45, 2.75) is 20.3 Å². The van der Waals surface area contributed by atoms with Gasteiger partial charge in [0.2, 0.25) is 0 Å². The largest absolute Gasteiger partial charge is 0.293 e. The molecule has 0 fully saturated rings. The fraction of sp³-hybridized carbons (Fsp3) is 0.143. The van der Waals surface area contributed by atoms with E-state index in [2.05, 4.69) is 5.10 Å². The minimum absolute atomic E-state index is 0.0309. The van der Waals surface area contributed by atoms with E-state index in [1.54, 1.807) is 4.52 Å². The van der Waals surface area contributed by atoms with Crippen LogP contribution in [0.4, 0.5) is 0 Å². The van der Waals surface area contributed by atoms with Crippen LogP contribution in [0.3, 0.4) is 0 Å². The fourth-order valence-corrected chi connectivity index (χ4v) is 3.28. The van der Waals surface area contributed by atoms with E-state index in [1.807, 2.05) is 74.5 Å². The third-order valence-corrected chi connectivity index (χ3v) is 4.55. The van der Waals surface area contributed by atoms with Gasteiger partial charge in [0.25, 0.3) is 5.56 Å². The predicted octanol–water partition coefficient (Wildman–Crippen LogP) is 3.90. The number of hydrogen-bond donors (Lipinski definition) is 1. The smallest absolute Gasteiger partial charge is 0.276 e. The summed E-state index contributed by atoms with van der Waals surface area (Å²) in [6.07, 6.45) is 0.584. The highest BCUT2D eigenvalue weighted by Crippen LogP contribution is 2.26. The molecule has 0 saturated carbocycles. The van der Waals surface area contributed by atoms with Gasteiger partial charge in [0.05, 0.1) is 0 Å². The summed E-state index contributed by atoms with van der Waals surface area (Å²) in [7, 11) is 0. The van der Waals surface area contributed by atoms with Crippen molar-refractivity contribution in [2.24, 2.45) is 0 Å². The summed E-state index contributed by atoms with van der Waals surface area (Å²) in [6.45, 7) is 3.89. The fourth-order valence-electron chi connectivity index (χ4n) is 3.28. The van der Waals surface area contributed by atoms with Gasteiger partial charge in [-0.2, -0.15) is 0 Å². The molecule has 0 radical (unpaired) electrons. The second kappa shape index (κ2) is 6.06. The molecule has 2 heterocycles. The van der Waals surface area contributed by atoms with Gasteiger partial charge in [0, 0.05) is 28.9 Å². The van der Waals surface area contributed by atoms with E-state index in [0.29, 0.717) is 12.1 Å². The Morgan fingerprint density at radius 3 is 2.28 bits per heavy atom. The van der Waals surface area contributed by atoms with E-state index in [4.69, 9.17) is 4.98 Å². The van der Waals surface area contributed by atoms with Crippen molar-refractivity contribution in [1.29, 1.82) is 0 Å². The number of hydrogen-bond acceptors (Lipinski definition) is 2. The first-order valence-electron chi connectivity index (χ1n) is 8.35. The third kappa shape index (κ3) is 2.66. The average Bonchev–Trinajstić information content (AvgIpc) is 2.96. The molecule has 124 valence electrons. The zero-order chi connectivity index (χ0) is 17.4. The molecule has 25 heavy (non-hydrogen) atoms. The van der Waals surface area contributed by atoms with Crippen LogP contribution in [0.15, 0.2) is 65.5 Å². The van der Waals surface area contributed by atoms with Crippen LogP contribution in [0.25, 0.3) is 16.8 Å². The van der Waals surface area contributed by atoms with Gasteiger partial charge in [-0.3, -0.25) is 9.89 Å². The maximum atomic E-state index is 13.0. The summed E-state index contributed by atoms with van der Waals surface area (Å²) in [5.74, 6) is 0. The molecule has 0 spiro atoms. The van der Waals surface area contributed by atoms with Crippen molar-refractivity contribution in [3.63, 3.8) is 0 Å². The van der Waals surface area contributed by atoms with Gasteiger partial charge in [0.1, 0.15) is 0 Å². The molecule has 4 heteroatoms. The topological polar surface area (TPSA) is 50.2 Å². The highest BCUT2D eigenvalue weighted by atomic mass is 16.1. The Bertz CT molecular complexity index is 1090. The number of benzene rings is 2. The van der Waals surface area contributed by atoms with Crippen LogP contribution in [0.1, 0.15) is 22.5 Å². The maximum absolute atomic E-state index is 13.0. The summed E-state index contributed by atoms with van der Waals surface area (Å²) in [5.41, 5.74) is 6.24. The summed E-state index contributed by atoms with van der Waals surface area (Å²) >= 11 is 0. The van der Waals surface area contributed by atoms with Crippen molar-refractivity contribution in [1.82, 2.24) is 14.6 Å². The van der Waals surface area contributed by atoms with E-state index in [9.17, 15) is 4.79 Å². The molecule has 0 saturated heterocycles. The number of aryl methyl sites for hydroxylation is 2. The SMILES string of the molecule is Cc1nc2c(-c3ccccc3)c(C)[nH]n2c(=O)c1Cc1ccccc1. The van der Waals surface area contributed by atoms with Crippen LogP contribution in [0, 0.1) is 13.8 Å². The number of nitrogens with zero attached hydrogens (tertiary/aromatic N) is 2. The summed E-state index contributed by atoms with van der Waals surface area (Å²) in [6, 6.07) is 20.1. The van der Waals surface area contributed by atoms with Crippen LogP contribution < -0.4 is 5.56 Å². The van der Waals surface area contributed by atoms with Gasteiger partial charge in [-0.15, -0.1) is 0 Å². The molecule has 0 aliphatic heterocycles.